The summed E-state index contributed by atoms with van der Waals surface area (Å²) in [4.78, 5) is 22.7. The van der Waals surface area contributed by atoms with E-state index in [-0.39, 0.29) is 6.03 Å². The van der Waals surface area contributed by atoms with Crippen molar-refractivity contribution < 1.29 is 9.00 Å². The van der Waals surface area contributed by atoms with Crippen molar-refractivity contribution >= 4 is 28.3 Å². The number of aromatic nitrogens is 2. The van der Waals surface area contributed by atoms with E-state index in [1.165, 1.54) is 6.20 Å². The van der Waals surface area contributed by atoms with Gasteiger partial charge in [-0.05, 0) is 24.3 Å². The number of hydrogen-bond donors (Lipinski definition) is 2. The molecule has 1 unspecified atom stereocenters. The van der Waals surface area contributed by atoms with E-state index in [0.29, 0.717) is 17.3 Å². The summed E-state index contributed by atoms with van der Waals surface area (Å²) in [5.41, 5.74) is 1.78. The summed E-state index contributed by atoms with van der Waals surface area (Å²) in [5, 5.41) is 5.34. The lowest BCUT2D eigenvalue weighted by Gasteiger charge is -2.13. The number of rotatable bonds is 5. The molecule has 0 bridgehead atoms. The van der Waals surface area contributed by atoms with Crippen molar-refractivity contribution in [2.75, 3.05) is 30.6 Å². The Morgan fingerprint density at radius 1 is 1.26 bits per heavy atom. The van der Waals surface area contributed by atoms with Gasteiger partial charge in [0.25, 0.3) is 0 Å². The van der Waals surface area contributed by atoms with Gasteiger partial charge in [0.15, 0.2) is 0 Å². The van der Waals surface area contributed by atoms with E-state index in [1.807, 2.05) is 31.1 Å². The fourth-order valence-electron chi connectivity index (χ4n) is 1.80. The summed E-state index contributed by atoms with van der Waals surface area (Å²) >= 11 is 0. The van der Waals surface area contributed by atoms with Crippen LogP contribution in [-0.4, -0.2) is 40.6 Å². The summed E-state index contributed by atoms with van der Waals surface area (Å²) in [5.74, 6) is 0.395. The smallest absolute Gasteiger partial charge is 0.320 e. The number of carbonyl (C=O) groups excluding carboxylic acids is 1. The third kappa shape index (κ3) is 5.03. The van der Waals surface area contributed by atoms with Gasteiger partial charge in [0.1, 0.15) is 5.82 Å². The average Bonchev–Trinajstić information content (AvgIpc) is 2.53. The lowest BCUT2D eigenvalue weighted by molar-refractivity contribution is 0.251. The first kappa shape index (κ1) is 16.9. The van der Waals surface area contributed by atoms with Crippen LogP contribution in [0.3, 0.4) is 0 Å². The summed E-state index contributed by atoms with van der Waals surface area (Å²) < 4.78 is 11.3. The minimum absolute atomic E-state index is 0.310. The zero-order chi connectivity index (χ0) is 16.8. The molecule has 0 aliphatic carbocycles. The second-order valence-electron chi connectivity index (χ2n) is 5.04. The summed E-state index contributed by atoms with van der Waals surface area (Å²) in [6.07, 6.45) is 4.76. The Morgan fingerprint density at radius 2 is 2.04 bits per heavy atom. The van der Waals surface area contributed by atoms with Crippen molar-refractivity contribution in [2.24, 2.45) is 0 Å². The van der Waals surface area contributed by atoms with Gasteiger partial charge < -0.3 is 10.2 Å². The number of nitrogens with one attached hydrogen (secondary N) is 2. The molecule has 0 saturated carbocycles. The molecule has 2 aromatic heterocycles. The first-order valence-corrected chi connectivity index (χ1v) is 8.48. The lowest BCUT2D eigenvalue weighted by atomic mass is 10.3. The van der Waals surface area contributed by atoms with Crippen molar-refractivity contribution in [1.29, 1.82) is 0 Å². The van der Waals surface area contributed by atoms with Crippen molar-refractivity contribution in [3.05, 3.63) is 42.4 Å². The average molecular weight is 333 g/mol. The Kier molecular flexibility index (Phi) is 5.64. The molecule has 2 amide bonds. The fraction of sp³-hybridized carbons (Fsp3) is 0.267. The van der Waals surface area contributed by atoms with Gasteiger partial charge in [-0.1, -0.05) is 0 Å². The Hall–Kier alpha value is -2.48. The third-order valence-corrected chi connectivity index (χ3v) is 3.96. The molecule has 1 atom stereocenters. The first-order valence-electron chi connectivity index (χ1n) is 6.92. The molecule has 8 heteroatoms. The molecular weight excluding hydrogens is 314 g/mol. The van der Waals surface area contributed by atoms with E-state index in [1.54, 1.807) is 24.6 Å². The van der Waals surface area contributed by atoms with Gasteiger partial charge in [-0.3, -0.25) is 14.5 Å². The van der Waals surface area contributed by atoms with Gasteiger partial charge in [0, 0.05) is 38.4 Å². The number of nitrogens with zero attached hydrogens (tertiary/aromatic N) is 3. The quantitative estimate of drug-likeness (QED) is 0.868. The zero-order valence-corrected chi connectivity index (χ0v) is 14.1. The number of amides is 2. The maximum atomic E-state index is 11.9. The van der Waals surface area contributed by atoms with Crippen LogP contribution in [0.1, 0.15) is 5.69 Å². The van der Waals surface area contributed by atoms with Crippen LogP contribution in [0.25, 0.3) is 0 Å². The van der Waals surface area contributed by atoms with Crippen LogP contribution in [0.5, 0.6) is 0 Å². The van der Waals surface area contributed by atoms with Crippen molar-refractivity contribution in [3.63, 3.8) is 0 Å². The van der Waals surface area contributed by atoms with Gasteiger partial charge >= 0.3 is 6.03 Å². The Morgan fingerprint density at radius 3 is 2.65 bits per heavy atom. The Labute approximate surface area is 137 Å². The van der Waals surface area contributed by atoms with Crippen LogP contribution in [0.15, 0.2) is 41.6 Å². The molecule has 2 N–H and O–H groups in total. The lowest BCUT2D eigenvalue weighted by Crippen LogP contribution is -2.29. The van der Waals surface area contributed by atoms with E-state index >= 15 is 0 Å². The number of hydrogen-bond acceptors (Lipinski definition) is 5. The molecule has 0 saturated heterocycles. The molecule has 0 spiro atoms. The minimum atomic E-state index is -1.09. The summed E-state index contributed by atoms with van der Waals surface area (Å²) in [6.45, 7) is 0.310. The summed E-state index contributed by atoms with van der Waals surface area (Å²) in [6, 6.07) is 6.71. The minimum Gasteiger partial charge on any atom is -0.378 e. The highest BCUT2D eigenvalue weighted by atomic mass is 32.2. The Balaban J connectivity index is 1.90. The molecule has 0 aromatic carbocycles. The van der Waals surface area contributed by atoms with E-state index in [4.69, 9.17) is 0 Å². The van der Waals surface area contributed by atoms with E-state index in [2.05, 4.69) is 20.6 Å². The number of urea groups is 1. The van der Waals surface area contributed by atoms with Crippen molar-refractivity contribution in [3.8, 4) is 0 Å². The predicted molar refractivity (Wildman–Crippen MR) is 91.0 cm³/mol. The molecule has 0 aliphatic rings. The zero-order valence-electron chi connectivity index (χ0n) is 13.2. The standard InChI is InChI=1S/C15H19N5O2S/c1-20(2)12-6-7-16-11(8-12)9-18-15(21)19-14-5-4-13(10-17-14)23(3)22/h4-8,10H,9H2,1-3H3,(H2,17,18,19,21). The molecule has 122 valence electrons. The monoisotopic (exact) mass is 333 g/mol. The van der Waals surface area contributed by atoms with Crippen LogP contribution in [0.4, 0.5) is 16.3 Å². The molecule has 0 fully saturated rings. The Bertz CT molecular complexity index is 703. The van der Waals surface area contributed by atoms with Gasteiger partial charge in [-0.25, -0.2) is 9.78 Å². The maximum Gasteiger partial charge on any atom is 0.320 e. The summed E-state index contributed by atoms with van der Waals surface area (Å²) in [7, 11) is 2.80. The van der Waals surface area contributed by atoms with Crippen LogP contribution < -0.4 is 15.5 Å². The fourth-order valence-corrected chi connectivity index (χ4v) is 2.26. The van der Waals surface area contributed by atoms with Gasteiger partial charge in [0.2, 0.25) is 0 Å². The SMILES string of the molecule is CN(C)c1ccnc(CNC(=O)Nc2ccc(S(C)=O)cn2)c1. The molecule has 2 aromatic rings. The molecule has 2 heterocycles. The second-order valence-corrected chi connectivity index (χ2v) is 6.42. The molecule has 2 rings (SSSR count). The number of carbonyl (C=O) groups is 1. The highest BCUT2D eigenvalue weighted by Gasteiger charge is 2.05. The predicted octanol–water partition coefficient (Wildman–Crippen LogP) is 1.60. The van der Waals surface area contributed by atoms with Gasteiger partial charge in [-0.2, -0.15) is 0 Å². The molecule has 0 radical (unpaired) electrons. The highest BCUT2D eigenvalue weighted by molar-refractivity contribution is 7.84. The molecule has 23 heavy (non-hydrogen) atoms. The van der Waals surface area contributed by atoms with E-state index in [0.717, 1.165) is 11.4 Å². The molecular formula is C15H19N5O2S. The van der Waals surface area contributed by atoms with Crippen LogP contribution in [0, 0.1) is 0 Å². The molecule has 7 nitrogen and oxygen atoms in total. The third-order valence-electron chi connectivity index (χ3n) is 3.06. The normalized spacial score (nSPS) is 11.6. The number of anilines is 2. The topological polar surface area (TPSA) is 87.2 Å². The highest BCUT2D eigenvalue weighted by Crippen LogP contribution is 2.11. The van der Waals surface area contributed by atoms with Crippen LogP contribution in [-0.2, 0) is 17.3 Å². The molecule has 0 aliphatic heterocycles. The van der Waals surface area contributed by atoms with Crippen LogP contribution >= 0.6 is 0 Å². The van der Waals surface area contributed by atoms with Gasteiger partial charge in [-0.15, -0.1) is 0 Å². The second kappa shape index (κ2) is 7.68. The maximum absolute atomic E-state index is 11.9. The largest absolute Gasteiger partial charge is 0.378 e. The van der Waals surface area contributed by atoms with Crippen LogP contribution in [0.2, 0.25) is 0 Å². The van der Waals surface area contributed by atoms with Crippen molar-refractivity contribution in [2.45, 2.75) is 11.4 Å². The first-order chi connectivity index (χ1) is 11.0. The number of pyridine rings is 2. The van der Waals surface area contributed by atoms with E-state index in [9.17, 15) is 9.00 Å². The van der Waals surface area contributed by atoms with Gasteiger partial charge in [0.05, 0.1) is 27.9 Å². The van der Waals surface area contributed by atoms with Crippen molar-refractivity contribution in [1.82, 2.24) is 15.3 Å². The van der Waals surface area contributed by atoms with E-state index < -0.39 is 10.8 Å².